The van der Waals surface area contributed by atoms with Gasteiger partial charge in [0.15, 0.2) is 0 Å². The summed E-state index contributed by atoms with van der Waals surface area (Å²) in [5, 5.41) is 0. The van der Waals surface area contributed by atoms with Gasteiger partial charge in [-0.3, -0.25) is 0 Å². The summed E-state index contributed by atoms with van der Waals surface area (Å²) in [5.41, 5.74) is 3.73. The number of hydrogen-bond donors (Lipinski definition) is 0. The second kappa shape index (κ2) is 7.90. The number of nitrogens with zero attached hydrogens (tertiary/aromatic N) is 2. The summed E-state index contributed by atoms with van der Waals surface area (Å²) < 4.78 is 12.0. The molecule has 0 amide bonds. The quantitative estimate of drug-likeness (QED) is 0.503. The number of benzene rings is 3. The van der Waals surface area contributed by atoms with E-state index in [0.29, 0.717) is 30.3 Å². The van der Waals surface area contributed by atoms with E-state index in [1.54, 1.807) is 0 Å². The number of fused-ring (bicyclic) bond motifs is 4. The first-order valence-corrected chi connectivity index (χ1v) is 8.98. The molecule has 0 aliphatic carbocycles. The van der Waals surface area contributed by atoms with Crippen molar-refractivity contribution in [3.05, 3.63) is 83.9 Å². The Balaban J connectivity index is 1.77. The van der Waals surface area contributed by atoms with Crippen molar-refractivity contribution in [3.8, 4) is 11.5 Å². The maximum atomic E-state index is 6.04. The molecule has 1 heterocycles. The predicted molar refractivity (Wildman–Crippen MR) is 107 cm³/mol. The third kappa shape index (κ3) is 4.08. The molecule has 134 valence electrons. The Morgan fingerprint density at radius 1 is 0.815 bits per heavy atom. The lowest BCUT2D eigenvalue weighted by molar-refractivity contribution is 0.295. The maximum Gasteiger partial charge on any atom is 0.146 e. The van der Waals surface area contributed by atoms with Gasteiger partial charge in [0.1, 0.15) is 35.5 Å². The molecule has 0 aromatic heterocycles. The Morgan fingerprint density at radius 2 is 1.48 bits per heavy atom. The van der Waals surface area contributed by atoms with Gasteiger partial charge in [-0.05, 0) is 35.4 Å². The van der Waals surface area contributed by atoms with Gasteiger partial charge < -0.3 is 9.47 Å². The lowest BCUT2D eigenvalue weighted by Crippen LogP contribution is -2.08. The lowest BCUT2D eigenvalue weighted by atomic mass is 10.00. The fourth-order valence-corrected chi connectivity index (χ4v) is 2.94. The standard InChI is InChI=1S/C23H20N2O2/c1-17-14-26-22-11-4-2-9-20(22)24-16-25-21-10-3-5-12-23(21)27-15-18-7-6-8-19(17)13-18/h2-13,17H,14-15H2,1H3. The molecule has 4 rings (SSSR count). The van der Waals surface area contributed by atoms with Crippen molar-refractivity contribution in [1.82, 2.24) is 0 Å². The van der Waals surface area contributed by atoms with E-state index in [9.17, 15) is 0 Å². The molecule has 1 aliphatic rings. The number of ether oxygens (including phenoxy) is 2. The first-order valence-electron chi connectivity index (χ1n) is 8.98. The minimum Gasteiger partial charge on any atom is -0.491 e. The molecule has 0 saturated carbocycles. The molecule has 4 heteroatoms. The van der Waals surface area contributed by atoms with Gasteiger partial charge in [-0.2, -0.15) is 9.98 Å². The molecule has 3 aromatic carbocycles. The van der Waals surface area contributed by atoms with Crippen LogP contribution in [0.4, 0.5) is 11.4 Å². The molecular formula is C23H20N2O2. The highest BCUT2D eigenvalue weighted by Crippen LogP contribution is 2.30. The van der Waals surface area contributed by atoms with E-state index >= 15 is 0 Å². The first kappa shape index (κ1) is 17.1. The van der Waals surface area contributed by atoms with Crippen LogP contribution in [0.1, 0.15) is 24.0 Å². The molecule has 1 atom stereocenters. The van der Waals surface area contributed by atoms with Gasteiger partial charge in [-0.15, -0.1) is 0 Å². The monoisotopic (exact) mass is 356 g/mol. The van der Waals surface area contributed by atoms with Crippen molar-refractivity contribution in [1.29, 1.82) is 0 Å². The van der Waals surface area contributed by atoms with Crippen LogP contribution in [0, 0.1) is 0 Å². The molecule has 3 aromatic rings. The Kier molecular flexibility index (Phi) is 4.99. The van der Waals surface area contributed by atoms with E-state index in [-0.39, 0.29) is 5.92 Å². The predicted octanol–water partition coefficient (Wildman–Crippen LogP) is 5.90. The van der Waals surface area contributed by atoms with Crippen molar-refractivity contribution in [2.45, 2.75) is 19.4 Å². The highest BCUT2D eigenvalue weighted by atomic mass is 16.5. The fourth-order valence-electron chi connectivity index (χ4n) is 2.94. The summed E-state index contributed by atoms with van der Waals surface area (Å²) in [6.07, 6.45) is 0. The van der Waals surface area contributed by atoms with Crippen LogP contribution in [0.2, 0.25) is 0 Å². The molecule has 0 N–H and O–H groups in total. The van der Waals surface area contributed by atoms with Gasteiger partial charge in [0, 0.05) is 5.92 Å². The van der Waals surface area contributed by atoms with Crippen molar-refractivity contribution in [3.63, 3.8) is 0 Å². The molecule has 4 nitrogen and oxygen atoms in total. The number of para-hydroxylation sites is 4. The van der Waals surface area contributed by atoms with Crippen molar-refractivity contribution >= 4 is 17.4 Å². The zero-order valence-electron chi connectivity index (χ0n) is 15.1. The van der Waals surface area contributed by atoms with E-state index in [4.69, 9.17) is 9.47 Å². The lowest BCUT2D eigenvalue weighted by Gasteiger charge is -2.15. The van der Waals surface area contributed by atoms with Crippen LogP contribution in [0.5, 0.6) is 11.5 Å². The van der Waals surface area contributed by atoms with Crippen molar-refractivity contribution in [2.24, 2.45) is 9.98 Å². The number of aliphatic imine (C=N–C) groups is 2. The SMILES string of the molecule is CC1COc2ccccc2N=C=Nc2ccccc2OCc2cccc1c2. The van der Waals surface area contributed by atoms with E-state index < -0.39 is 0 Å². The molecule has 0 radical (unpaired) electrons. The van der Waals surface area contributed by atoms with Gasteiger partial charge >= 0.3 is 0 Å². The molecule has 1 unspecified atom stereocenters. The third-order valence-corrected chi connectivity index (χ3v) is 4.47. The largest absolute Gasteiger partial charge is 0.491 e. The summed E-state index contributed by atoms with van der Waals surface area (Å²) >= 11 is 0. The van der Waals surface area contributed by atoms with E-state index in [2.05, 4.69) is 47.2 Å². The Hall–Kier alpha value is -3.36. The van der Waals surface area contributed by atoms with Crippen LogP contribution >= 0.6 is 0 Å². The Labute approximate surface area is 158 Å². The summed E-state index contributed by atoms with van der Waals surface area (Å²) in [6, 6.07) is 26.5. The van der Waals surface area contributed by atoms with E-state index in [1.165, 1.54) is 5.56 Å². The van der Waals surface area contributed by atoms with Gasteiger partial charge in [-0.25, -0.2) is 0 Å². The number of hydrogen-bond acceptors (Lipinski definition) is 4. The van der Waals surface area contributed by atoms with Crippen LogP contribution < -0.4 is 9.47 Å². The number of rotatable bonds is 0. The smallest absolute Gasteiger partial charge is 0.146 e. The third-order valence-electron chi connectivity index (χ3n) is 4.47. The molecule has 0 saturated heterocycles. The molecule has 0 spiro atoms. The average Bonchev–Trinajstić information content (AvgIpc) is 2.72. The van der Waals surface area contributed by atoms with E-state index in [0.717, 1.165) is 11.3 Å². The topological polar surface area (TPSA) is 43.2 Å². The summed E-state index contributed by atoms with van der Waals surface area (Å²) in [6.45, 7) is 3.19. The van der Waals surface area contributed by atoms with Gasteiger partial charge in [0.2, 0.25) is 0 Å². The average molecular weight is 356 g/mol. The Bertz CT molecular complexity index is 1010. The molecule has 27 heavy (non-hydrogen) atoms. The first-order chi connectivity index (χ1) is 13.3. The van der Waals surface area contributed by atoms with Gasteiger partial charge in [0.25, 0.3) is 0 Å². The van der Waals surface area contributed by atoms with E-state index in [1.807, 2.05) is 48.5 Å². The van der Waals surface area contributed by atoms with Crippen LogP contribution in [0.25, 0.3) is 0 Å². The fraction of sp³-hybridized carbons (Fsp3) is 0.174. The minimum absolute atomic E-state index is 0.244. The summed E-state index contributed by atoms with van der Waals surface area (Å²) in [4.78, 5) is 8.70. The zero-order valence-corrected chi connectivity index (χ0v) is 15.1. The molecule has 1 aliphatic heterocycles. The highest BCUT2D eigenvalue weighted by molar-refractivity contribution is 5.64. The van der Waals surface area contributed by atoms with Crippen molar-refractivity contribution < 1.29 is 9.47 Å². The molecule has 0 fully saturated rings. The van der Waals surface area contributed by atoms with Crippen LogP contribution in [0.15, 0.2) is 82.8 Å². The highest BCUT2D eigenvalue weighted by Gasteiger charge is 2.10. The zero-order chi connectivity index (χ0) is 18.5. The Morgan fingerprint density at radius 3 is 2.22 bits per heavy atom. The van der Waals surface area contributed by atoms with Gasteiger partial charge in [0.05, 0.1) is 6.61 Å². The van der Waals surface area contributed by atoms with Crippen LogP contribution in [-0.4, -0.2) is 12.6 Å². The summed E-state index contributed by atoms with van der Waals surface area (Å²) in [7, 11) is 0. The molecular weight excluding hydrogens is 336 g/mol. The minimum atomic E-state index is 0.244. The van der Waals surface area contributed by atoms with Crippen LogP contribution in [0.3, 0.4) is 0 Å². The second-order valence-electron chi connectivity index (χ2n) is 6.50. The summed E-state index contributed by atoms with van der Waals surface area (Å²) in [5.74, 6) is 1.67. The van der Waals surface area contributed by atoms with Crippen molar-refractivity contribution in [2.75, 3.05) is 6.61 Å². The maximum absolute atomic E-state index is 6.04. The van der Waals surface area contributed by atoms with Gasteiger partial charge in [-0.1, -0.05) is 55.5 Å². The molecule has 2 bridgehead atoms. The van der Waals surface area contributed by atoms with Crippen LogP contribution in [-0.2, 0) is 6.61 Å². The second-order valence-corrected chi connectivity index (χ2v) is 6.50. The normalized spacial score (nSPS) is 16.1.